The van der Waals surface area contributed by atoms with Crippen molar-refractivity contribution in [3.63, 3.8) is 0 Å². The maximum Gasteiger partial charge on any atom is 0.321 e. The molecule has 0 spiro atoms. The lowest BCUT2D eigenvalue weighted by atomic mass is 9.92. The number of nitrogens with zero attached hydrogens (tertiary/aromatic N) is 1. The molecule has 0 aromatic heterocycles. The molecule has 5 nitrogen and oxygen atoms in total. The Balaban J connectivity index is 2.17. The number of anilines is 1. The van der Waals surface area contributed by atoms with Crippen LogP contribution >= 0.6 is 11.6 Å². The molecule has 1 saturated heterocycles. The average Bonchev–Trinajstić information content (AvgIpc) is 2.47. The number of benzene rings is 1. The zero-order chi connectivity index (χ0) is 16.3. The summed E-state index contributed by atoms with van der Waals surface area (Å²) >= 11 is 6.08. The summed E-state index contributed by atoms with van der Waals surface area (Å²) in [5.74, 6) is 2.03. The lowest BCUT2D eigenvalue weighted by Crippen LogP contribution is -2.44. The van der Waals surface area contributed by atoms with Crippen LogP contribution in [0.5, 0.6) is 11.5 Å². The first-order valence-electron chi connectivity index (χ1n) is 7.42. The van der Waals surface area contributed by atoms with E-state index in [0.29, 0.717) is 34.0 Å². The summed E-state index contributed by atoms with van der Waals surface area (Å²) in [5, 5.41) is 3.34. The number of rotatable bonds is 3. The van der Waals surface area contributed by atoms with E-state index in [2.05, 4.69) is 19.2 Å². The van der Waals surface area contributed by atoms with Gasteiger partial charge in [0, 0.05) is 25.2 Å². The van der Waals surface area contributed by atoms with E-state index in [9.17, 15) is 4.79 Å². The number of amides is 2. The quantitative estimate of drug-likeness (QED) is 0.917. The summed E-state index contributed by atoms with van der Waals surface area (Å²) in [4.78, 5) is 14.3. The molecule has 0 saturated carbocycles. The normalized spacial score (nSPS) is 21.4. The van der Waals surface area contributed by atoms with Gasteiger partial charge in [0.1, 0.15) is 11.5 Å². The molecule has 0 aliphatic carbocycles. The van der Waals surface area contributed by atoms with Crippen molar-refractivity contribution in [1.82, 2.24) is 4.90 Å². The van der Waals surface area contributed by atoms with E-state index in [0.717, 1.165) is 19.5 Å². The fraction of sp³-hybridized carbons (Fsp3) is 0.562. The van der Waals surface area contributed by atoms with Crippen LogP contribution in [0.2, 0.25) is 5.02 Å². The second-order valence-corrected chi connectivity index (χ2v) is 6.38. The van der Waals surface area contributed by atoms with E-state index in [1.54, 1.807) is 19.2 Å². The van der Waals surface area contributed by atoms with Crippen LogP contribution in [-0.4, -0.2) is 38.2 Å². The van der Waals surface area contributed by atoms with Crippen LogP contribution in [0.25, 0.3) is 0 Å². The zero-order valence-electron chi connectivity index (χ0n) is 13.5. The Morgan fingerprint density at radius 2 is 1.77 bits per heavy atom. The van der Waals surface area contributed by atoms with Gasteiger partial charge in [-0.05, 0) is 18.3 Å². The first-order chi connectivity index (χ1) is 10.4. The van der Waals surface area contributed by atoms with Crippen molar-refractivity contribution in [1.29, 1.82) is 0 Å². The first kappa shape index (κ1) is 16.7. The van der Waals surface area contributed by atoms with Crippen molar-refractivity contribution in [2.24, 2.45) is 11.8 Å². The Morgan fingerprint density at radius 3 is 2.32 bits per heavy atom. The molecule has 1 aliphatic heterocycles. The topological polar surface area (TPSA) is 50.8 Å². The van der Waals surface area contributed by atoms with Gasteiger partial charge in [0.15, 0.2) is 0 Å². The molecule has 0 bridgehead atoms. The Morgan fingerprint density at radius 1 is 1.18 bits per heavy atom. The second kappa shape index (κ2) is 7.09. The minimum atomic E-state index is -0.124. The molecule has 122 valence electrons. The molecule has 1 aromatic carbocycles. The van der Waals surface area contributed by atoms with E-state index in [-0.39, 0.29) is 6.03 Å². The summed E-state index contributed by atoms with van der Waals surface area (Å²) in [6.45, 7) is 5.87. The van der Waals surface area contributed by atoms with Crippen molar-refractivity contribution in [2.45, 2.75) is 20.3 Å². The van der Waals surface area contributed by atoms with Crippen molar-refractivity contribution in [2.75, 3.05) is 32.6 Å². The van der Waals surface area contributed by atoms with E-state index < -0.39 is 0 Å². The third-order valence-corrected chi connectivity index (χ3v) is 4.17. The number of hydrogen-bond acceptors (Lipinski definition) is 3. The number of methoxy groups -OCH3 is 2. The fourth-order valence-electron chi connectivity index (χ4n) is 2.98. The van der Waals surface area contributed by atoms with E-state index >= 15 is 0 Å². The number of carbonyl (C=O) groups is 1. The number of urea groups is 1. The highest BCUT2D eigenvalue weighted by Gasteiger charge is 2.26. The van der Waals surface area contributed by atoms with Crippen LogP contribution in [-0.2, 0) is 0 Å². The molecule has 1 aromatic rings. The molecule has 0 radical (unpaired) electrons. The lowest BCUT2D eigenvalue weighted by Gasteiger charge is -2.35. The molecule has 2 atom stereocenters. The smallest absolute Gasteiger partial charge is 0.321 e. The van der Waals surface area contributed by atoms with Gasteiger partial charge < -0.3 is 19.7 Å². The molecule has 2 amide bonds. The van der Waals surface area contributed by atoms with Crippen LogP contribution < -0.4 is 14.8 Å². The van der Waals surface area contributed by atoms with Crippen molar-refractivity contribution in [3.05, 3.63) is 17.2 Å². The van der Waals surface area contributed by atoms with Gasteiger partial charge >= 0.3 is 6.03 Å². The minimum absolute atomic E-state index is 0.124. The summed E-state index contributed by atoms with van der Waals surface area (Å²) in [5.41, 5.74) is 0.555. The molecular weight excluding hydrogens is 304 g/mol. The van der Waals surface area contributed by atoms with Gasteiger partial charge in [0.05, 0.1) is 24.9 Å². The van der Waals surface area contributed by atoms with Gasteiger partial charge in [0.2, 0.25) is 0 Å². The molecular formula is C16H23ClN2O3. The number of nitrogens with one attached hydrogen (secondary N) is 1. The standard InChI is InChI=1S/C16H23ClN2O3/c1-10-5-11(2)9-19(8-10)16(20)18-13-7-14(21-3)12(17)6-15(13)22-4/h6-7,10-11H,5,8-9H2,1-4H3,(H,18,20)/t10-,11+. The monoisotopic (exact) mass is 326 g/mol. The summed E-state index contributed by atoms with van der Waals surface area (Å²) in [6.07, 6.45) is 1.15. The number of ether oxygens (including phenoxy) is 2. The highest BCUT2D eigenvalue weighted by Crippen LogP contribution is 2.36. The molecule has 6 heteroatoms. The molecule has 1 N–H and O–H groups in total. The summed E-state index contributed by atoms with van der Waals surface area (Å²) in [6, 6.07) is 3.19. The molecule has 1 heterocycles. The van der Waals surface area contributed by atoms with E-state index in [1.165, 1.54) is 7.11 Å². The Bertz CT molecular complexity index is 540. The SMILES string of the molecule is COc1cc(NC(=O)N2C[C@H](C)C[C@H](C)C2)c(OC)cc1Cl. The van der Waals surface area contributed by atoms with E-state index in [1.807, 2.05) is 4.90 Å². The number of hydrogen-bond donors (Lipinski definition) is 1. The largest absolute Gasteiger partial charge is 0.495 e. The summed E-state index contributed by atoms with van der Waals surface area (Å²) < 4.78 is 10.5. The lowest BCUT2D eigenvalue weighted by molar-refractivity contribution is 0.156. The third kappa shape index (κ3) is 3.77. The van der Waals surface area contributed by atoms with Crippen molar-refractivity contribution >= 4 is 23.3 Å². The van der Waals surface area contributed by atoms with Crippen LogP contribution in [0.1, 0.15) is 20.3 Å². The maximum atomic E-state index is 12.5. The zero-order valence-corrected chi connectivity index (χ0v) is 14.2. The van der Waals surface area contributed by atoms with Crippen LogP contribution in [0.3, 0.4) is 0 Å². The number of piperidine rings is 1. The van der Waals surface area contributed by atoms with Gasteiger partial charge in [-0.3, -0.25) is 0 Å². The van der Waals surface area contributed by atoms with Gasteiger partial charge in [-0.25, -0.2) is 4.79 Å². The number of halogens is 1. The third-order valence-electron chi connectivity index (χ3n) is 3.87. The fourth-order valence-corrected chi connectivity index (χ4v) is 3.21. The Hall–Kier alpha value is -1.62. The van der Waals surface area contributed by atoms with Gasteiger partial charge in [-0.15, -0.1) is 0 Å². The van der Waals surface area contributed by atoms with Gasteiger partial charge in [0.25, 0.3) is 0 Å². The van der Waals surface area contributed by atoms with Crippen LogP contribution in [0, 0.1) is 11.8 Å². The molecule has 0 unspecified atom stereocenters. The minimum Gasteiger partial charge on any atom is -0.495 e. The van der Waals surface area contributed by atoms with Crippen LogP contribution in [0.15, 0.2) is 12.1 Å². The predicted octanol–water partition coefficient (Wildman–Crippen LogP) is 3.87. The summed E-state index contributed by atoms with van der Waals surface area (Å²) in [7, 11) is 3.08. The first-order valence-corrected chi connectivity index (χ1v) is 7.79. The molecule has 22 heavy (non-hydrogen) atoms. The average molecular weight is 327 g/mol. The van der Waals surface area contributed by atoms with E-state index in [4.69, 9.17) is 21.1 Å². The Labute approximate surface area is 136 Å². The van der Waals surface area contributed by atoms with Crippen LogP contribution in [0.4, 0.5) is 10.5 Å². The van der Waals surface area contributed by atoms with Gasteiger partial charge in [-0.1, -0.05) is 25.4 Å². The molecule has 1 aliphatic rings. The molecule has 1 fully saturated rings. The highest BCUT2D eigenvalue weighted by atomic mass is 35.5. The number of likely N-dealkylation sites (tertiary alicyclic amines) is 1. The molecule has 2 rings (SSSR count). The van der Waals surface area contributed by atoms with Crippen molar-refractivity contribution in [3.8, 4) is 11.5 Å². The Kier molecular flexibility index (Phi) is 5.40. The number of carbonyl (C=O) groups excluding carboxylic acids is 1. The predicted molar refractivity (Wildman–Crippen MR) is 88.1 cm³/mol. The highest BCUT2D eigenvalue weighted by molar-refractivity contribution is 6.32. The van der Waals surface area contributed by atoms with Gasteiger partial charge in [-0.2, -0.15) is 0 Å². The maximum absolute atomic E-state index is 12.5. The second-order valence-electron chi connectivity index (χ2n) is 5.97. The van der Waals surface area contributed by atoms with Crippen molar-refractivity contribution < 1.29 is 14.3 Å².